The predicted octanol–water partition coefficient (Wildman–Crippen LogP) is 16.6. The van der Waals surface area contributed by atoms with E-state index in [1.54, 1.807) is 25.4 Å². The summed E-state index contributed by atoms with van der Waals surface area (Å²) in [5.74, 6) is 1.40. The second-order valence-electron chi connectivity index (χ2n) is 29.3. The first-order valence-corrected chi connectivity index (χ1v) is 43.8. The first-order valence-electron chi connectivity index (χ1n) is 40.6. The van der Waals surface area contributed by atoms with Gasteiger partial charge in [-0.25, -0.2) is 24.7 Å². The Morgan fingerprint density at radius 3 is 1.29 bits per heavy atom. The van der Waals surface area contributed by atoms with E-state index in [0.29, 0.717) is 62.0 Å². The van der Waals surface area contributed by atoms with Crippen molar-refractivity contribution >= 4 is 127 Å². The third-order valence-electron chi connectivity index (χ3n) is 21.5. The fourth-order valence-electron chi connectivity index (χ4n) is 14.2. The molecule has 6 aromatic heterocycles. The minimum atomic E-state index is -3.32. The summed E-state index contributed by atoms with van der Waals surface area (Å²) in [5.41, 5.74) is 17.4. The average molecular weight is 2010 g/mol. The molecule has 2 radical (unpaired) electrons. The van der Waals surface area contributed by atoms with Gasteiger partial charge in [-0.2, -0.15) is 0 Å². The minimum Gasteiger partial charge on any atom is -0.469 e. The third-order valence-corrected chi connectivity index (χ3v) is 23.6. The van der Waals surface area contributed by atoms with Gasteiger partial charge in [-0.1, -0.05) is 26.5 Å². The molecule has 119 heavy (non-hydrogen) atoms. The van der Waals surface area contributed by atoms with Crippen molar-refractivity contribution in [1.29, 1.82) is 1.34 Å². The number of hydrogen-bond acceptors (Lipinski definition) is 24. The van der Waals surface area contributed by atoms with E-state index in [1.807, 2.05) is 31.2 Å². The Kier molecular flexibility index (Phi) is 59.3. The molecule has 32 heteroatoms. The number of nitrogens with two attached hydrogens (primary N) is 1. The molecule has 6 aliphatic carbocycles. The molecule has 0 aliphatic heterocycles. The molecule has 6 aliphatic rings. The smallest absolute Gasteiger partial charge is 0.344 e. The van der Waals surface area contributed by atoms with Crippen molar-refractivity contribution in [2.45, 2.75) is 231 Å². The molecule has 0 amide bonds. The van der Waals surface area contributed by atoms with E-state index in [4.69, 9.17) is 92.2 Å². The van der Waals surface area contributed by atoms with E-state index < -0.39 is 25.3 Å². The van der Waals surface area contributed by atoms with Crippen LogP contribution in [0.25, 0.3) is 22.1 Å². The van der Waals surface area contributed by atoms with Gasteiger partial charge in [0.2, 0.25) is 0 Å². The first kappa shape index (κ1) is 110. The van der Waals surface area contributed by atoms with Gasteiger partial charge in [0, 0.05) is 138 Å². The number of fused-ring (bicyclic) bond motifs is 4. The topological polar surface area (TPSA) is 318 Å². The Bertz CT molecular complexity index is 3830. The van der Waals surface area contributed by atoms with E-state index in [0.717, 1.165) is 168 Å². The van der Waals surface area contributed by atoms with E-state index in [2.05, 4.69) is 100 Å². The van der Waals surface area contributed by atoms with Gasteiger partial charge in [0.15, 0.2) is 17.0 Å². The van der Waals surface area contributed by atoms with Crippen molar-refractivity contribution in [3.05, 3.63) is 142 Å². The molecule has 3 N–H and O–H groups in total. The molecule has 0 aromatic carbocycles. The van der Waals surface area contributed by atoms with Crippen molar-refractivity contribution in [3.63, 3.8) is 0 Å². The fourth-order valence-corrected chi connectivity index (χ4v) is 15.3. The number of halogens is 5. The van der Waals surface area contributed by atoms with Crippen LogP contribution >= 0.6 is 66.4 Å². The van der Waals surface area contributed by atoms with Crippen LogP contribution in [-0.4, -0.2) is 198 Å². The number of aryl methyl sites for hydroxylation is 8. The molecule has 664 valence electrons. The number of aliphatic hydroxyl groups excluding tert-OH is 1. The molecule has 24 nitrogen and oxygen atoms in total. The zero-order valence-electron chi connectivity index (χ0n) is 71.4. The second-order valence-corrected chi connectivity index (χ2v) is 33.5. The minimum absolute atomic E-state index is 0. The maximum Gasteiger partial charge on any atom is 0.344 e. The summed E-state index contributed by atoms with van der Waals surface area (Å²) in [4.78, 5) is 82.5. The Labute approximate surface area is 761 Å². The average Bonchev–Trinajstić information content (AvgIpc) is 0.828. The molecule has 12 rings (SSSR count). The molecule has 0 saturated heterocycles. The number of carbonyl (C=O) groups excluding carboxylic acids is 5. The molecule has 0 spiro atoms. The van der Waals surface area contributed by atoms with Gasteiger partial charge in [0.1, 0.15) is 18.9 Å². The monoisotopic (exact) mass is 2000 g/mol. The molecule has 3 unspecified atom stereocenters. The molecular weight excluding hydrogens is 1870 g/mol. The number of aldehydes is 1. The summed E-state index contributed by atoms with van der Waals surface area (Å²) >= 11 is 19.1. The van der Waals surface area contributed by atoms with Crippen LogP contribution in [0.1, 0.15) is 190 Å². The summed E-state index contributed by atoms with van der Waals surface area (Å²) in [6, 6.07) is 24.7. The maximum absolute atomic E-state index is 11.5. The molecule has 6 heterocycles. The van der Waals surface area contributed by atoms with Crippen LogP contribution < -0.4 is 5.73 Å². The van der Waals surface area contributed by atoms with Gasteiger partial charge in [-0.05, 0) is 284 Å². The number of ether oxygens (including phenoxy) is 8. The Morgan fingerprint density at radius 2 is 0.908 bits per heavy atom. The summed E-state index contributed by atoms with van der Waals surface area (Å²) < 4.78 is 67.2. The number of alkyl halides is 4. The largest absolute Gasteiger partial charge is 0.469 e. The number of esters is 4. The van der Waals surface area contributed by atoms with Crippen molar-refractivity contribution in [3.8, 4) is 0 Å². The summed E-state index contributed by atoms with van der Waals surface area (Å²) in [7, 11) is 9.28. The molecular formula is C87H132BCl5N7O17PU. The summed E-state index contributed by atoms with van der Waals surface area (Å²) in [6.07, 6.45) is 36.2. The number of methoxy groups -OCH3 is 4. The Hall–Kier alpha value is -4.81. The van der Waals surface area contributed by atoms with Gasteiger partial charge in [-0.3, -0.25) is 28.9 Å². The SMILES string of the molecule is C.CO.COC(=O)C(C)=CCOC1CC(CCc2ccc3cccnc3n2)C1.COC(=O)C(C)CCOC1CC(CCc2ccc3c(n2)CCCC3)C1.COC(=O)C(C)P(=O)(OC)OC.COC(=O)C(N)CCOC1CC(CCc2ccc3c(n2)CCCC3)C1.Cl.ClCCl.ClCCl.O=CCOC1CC(CCc2ccc3cccnc3n2)C1.[2H][B].[HH].[U]. The van der Waals surface area contributed by atoms with E-state index in [-0.39, 0.29) is 99.6 Å². The third kappa shape index (κ3) is 40.8. The number of carbonyl (C=O) groups is 5. The number of hydrogen-bond donors (Lipinski definition) is 2. The Morgan fingerprint density at radius 1 is 0.546 bits per heavy atom. The van der Waals surface area contributed by atoms with E-state index >= 15 is 0 Å². The van der Waals surface area contributed by atoms with E-state index in [9.17, 15) is 28.5 Å². The van der Waals surface area contributed by atoms with E-state index in [1.165, 1.54) is 135 Å². The van der Waals surface area contributed by atoms with Crippen LogP contribution in [0.2, 0.25) is 0 Å². The molecule has 3 atom stereocenters. The zero-order chi connectivity index (χ0) is 85.9. The van der Waals surface area contributed by atoms with Crippen LogP contribution in [0, 0.1) is 60.7 Å². The molecule has 4 fully saturated rings. The number of aliphatic hydroxyl groups is 1. The molecule has 0 bridgehead atoms. The standard InChI is InChI=1S/C21H31NO3.C20H24N2O3.C20H30N2O3.C16H18N2O2.C6H13O5P.2CH2Cl2.CH4O.CH4.BH.ClH.U.H2/c1-15(21(23)24-2)11-12-25-19-13-16(14-19)7-9-18-10-8-17-5-3-4-6-20(17)22-18;1-14(20(23)24-2)9-11-25-18-12-15(13-18)5-7-17-8-6-16-4-3-10-21-19(16)22-17;1-24-20(23)18(21)10-11-25-17-12-14(13-17)6-8-16-9-7-15-4-2-3-5-19(15)22-16;19-8-9-20-15-10-12(11-15)3-5-14-6-4-13-2-1-7-17-16(13)18-14;1-5(6(7)9-2)12(8,10-3)11-4;2*2-1-3;1-2;;;;;/h8,10,15-16,19H,3-7,9,11-14H2,1-2H3;3-4,6,8-10,15,18H,5,7,11-13H2,1-2H3;7,9,14,17-18H,2-6,8,10-13,21H2,1H3;1-2,4,6-8,12,15H,3,5,9-11H2;5H,1-4H3;2*1H2;2H,1H3;1H4;2*1H;;1H/i;;;;;;;;;1D;;;. The maximum atomic E-state index is 11.5. The van der Waals surface area contributed by atoms with Crippen LogP contribution in [0.5, 0.6) is 0 Å². The van der Waals surface area contributed by atoms with Crippen molar-refractivity contribution in [2.75, 3.05) is 86.9 Å². The first-order chi connectivity index (χ1) is 56.6. The van der Waals surface area contributed by atoms with Gasteiger partial charge in [-0.15, -0.1) is 58.8 Å². The van der Waals surface area contributed by atoms with Gasteiger partial charge < -0.3 is 62.6 Å². The molecule has 4 saturated carbocycles. The number of rotatable bonds is 33. The zero-order valence-corrected chi connectivity index (χ0v) is 79.3. The Balaban J connectivity index is 0.00000146. The normalized spacial score (nSPS) is 19.6. The summed E-state index contributed by atoms with van der Waals surface area (Å²) in [5, 5.41) is 9.56. The fraction of sp³-hybridized carbons (Fsp3) is 0.621. The number of nitrogens with zero attached hydrogens (tertiary/aromatic N) is 6. The quantitative estimate of drug-likeness (QED) is 0.00735. The van der Waals surface area contributed by atoms with Gasteiger partial charge in [0.25, 0.3) is 0 Å². The van der Waals surface area contributed by atoms with Crippen molar-refractivity contribution in [1.82, 2.24) is 29.9 Å². The second kappa shape index (κ2) is 64.0. The van der Waals surface area contributed by atoms with Crippen molar-refractivity contribution < 1.29 is 113 Å². The van der Waals surface area contributed by atoms with Crippen LogP contribution in [0.15, 0.2) is 96.8 Å². The molecule has 6 aromatic rings. The van der Waals surface area contributed by atoms with Crippen LogP contribution in [0.3, 0.4) is 0 Å². The van der Waals surface area contributed by atoms with Gasteiger partial charge in [0.05, 0.1) is 76.1 Å². The van der Waals surface area contributed by atoms with Gasteiger partial charge >= 0.3 is 31.5 Å². The van der Waals surface area contributed by atoms with Crippen LogP contribution in [-0.2, 0) is 127 Å². The number of pyridine rings is 6. The van der Waals surface area contributed by atoms with Crippen LogP contribution in [0.4, 0.5) is 0 Å². The predicted molar refractivity (Wildman–Crippen MR) is 474 cm³/mol. The number of aromatic nitrogens is 6. The van der Waals surface area contributed by atoms with Crippen molar-refractivity contribution in [2.24, 2.45) is 35.3 Å². The summed E-state index contributed by atoms with van der Waals surface area (Å²) in [6.45, 7) is 6.94.